The quantitative estimate of drug-likeness (QED) is 0.275. The number of carbonyl (C=O) groups excluding carboxylic acids is 2. The molecule has 1 aliphatic rings. The van der Waals surface area contributed by atoms with Crippen molar-refractivity contribution >= 4 is 23.5 Å². The van der Waals surface area contributed by atoms with E-state index in [1.807, 2.05) is 48.5 Å². The van der Waals surface area contributed by atoms with Crippen LogP contribution in [0.25, 0.3) is 11.1 Å². The molecule has 0 aliphatic heterocycles. The first-order valence-corrected chi connectivity index (χ1v) is 9.85. The third-order valence-corrected chi connectivity index (χ3v) is 5.90. The summed E-state index contributed by atoms with van der Waals surface area (Å²) in [7, 11) is 0. The van der Waals surface area contributed by atoms with Crippen molar-refractivity contribution in [2.45, 2.75) is 5.41 Å². The molecule has 4 heteroatoms. The predicted octanol–water partition coefficient (Wildman–Crippen LogP) is 5.98. The Kier molecular flexibility index (Phi) is 4.50. The molecule has 0 unspecified atom stereocenters. The Hall–Kier alpha value is -4.36. The summed E-state index contributed by atoms with van der Waals surface area (Å²) in [4.78, 5) is 28.8. The van der Waals surface area contributed by atoms with Gasteiger partial charge in [0.25, 0.3) is 0 Å². The molecule has 0 amide bonds. The highest BCUT2D eigenvalue weighted by molar-refractivity contribution is 5.86. The molecule has 0 saturated carbocycles. The number of isocyanates is 2. The van der Waals surface area contributed by atoms with E-state index in [9.17, 15) is 9.59 Å². The number of aliphatic imine (C=N–C) groups is 2. The normalized spacial score (nSPS) is 12.8. The highest BCUT2D eigenvalue weighted by Crippen LogP contribution is 2.56. The van der Waals surface area contributed by atoms with Crippen molar-refractivity contribution < 1.29 is 9.59 Å². The zero-order valence-corrected chi connectivity index (χ0v) is 16.4. The molecular formula is C27H16N2O2. The van der Waals surface area contributed by atoms with Crippen LogP contribution in [-0.4, -0.2) is 12.2 Å². The van der Waals surface area contributed by atoms with E-state index in [0.29, 0.717) is 11.4 Å². The molecule has 0 atom stereocenters. The SMILES string of the molecule is O=C=Nc1ccc(C2(c3ccc(N=C=O)cc3)c3ccccc3-c3ccccc32)cc1. The Labute approximate surface area is 179 Å². The summed E-state index contributed by atoms with van der Waals surface area (Å²) in [5, 5.41) is 0. The molecule has 0 radical (unpaired) electrons. The van der Waals surface area contributed by atoms with E-state index in [2.05, 4.69) is 58.5 Å². The molecule has 0 heterocycles. The van der Waals surface area contributed by atoms with Crippen LogP contribution in [0.3, 0.4) is 0 Å². The molecular weight excluding hydrogens is 384 g/mol. The maximum Gasteiger partial charge on any atom is 0.240 e. The third-order valence-electron chi connectivity index (χ3n) is 5.90. The van der Waals surface area contributed by atoms with Crippen LogP contribution in [-0.2, 0) is 15.0 Å². The van der Waals surface area contributed by atoms with Gasteiger partial charge in [0.05, 0.1) is 16.8 Å². The van der Waals surface area contributed by atoms with Crippen molar-refractivity contribution in [3.8, 4) is 11.1 Å². The summed E-state index contributed by atoms with van der Waals surface area (Å²) in [6.45, 7) is 0. The van der Waals surface area contributed by atoms with Gasteiger partial charge in [-0.3, -0.25) is 0 Å². The molecule has 0 saturated heterocycles. The van der Waals surface area contributed by atoms with E-state index in [0.717, 1.165) is 11.1 Å². The standard InChI is InChI=1S/C27H16N2O2/c30-17-28-21-13-9-19(10-14-21)27(20-11-15-22(16-12-20)29-18-31)25-7-3-1-5-23(25)24-6-2-4-8-26(24)27/h1-16H. The van der Waals surface area contributed by atoms with Crippen molar-refractivity contribution in [3.05, 3.63) is 119 Å². The summed E-state index contributed by atoms with van der Waals surface area (Å²) in [5.41, 5.74) is 7.39. The molecule has 0 N–H and O–H groups in total. The van der Waals surface area contributed by atoms with E-state index < -0.39 is 5.41 Å². The minimum atomic E-state index is -0.556. The molecule has 0 fully saturated rings. The highest BCUT2D eigenvalue weighted by Gasteiger charge is 2.45. The monoisotopic (exact) mass is 400 g/mol. The molecule has 31 heavy (non-hydrogen) atoms. The Morgan fingerprint density at radius 2 is 0.903 bits per heavy atom. The molecule has 4 aromatic rings. The summed E-state index contributed by atoms with van der Waals surface area (Å²) in [6, 6.07) is 32.2. The zero-order chi connectivity index (χ0) is 21.3. The van der Waals surface area contributed by atoms with Crippen LogP contribution in [0.15, 0.2) is 107 Å². The van der Waals surface area contributed by atoms with Gasteiger partial charge in [0, 0.05) is 0 Å². The number of nitrogens with zero attached hydrogens (tertiary/aromatic N) is 2. The van der Waals surface area contributed by atoms with Gasteiger partial charge in [0.15, 0.2) is 0 Å². The van der Waals surface area contributed by atoms with Crippen LogP contribution < -0.4 is 0 Å². The minimum absolute atomic E-state index is 0.556. The van der Waals surface area contributed by atoms with E-state index in [-0.39, 0.29) is 0 Å². The third kappa shape index (κ3) is 2.79. The molecule has 1 aliphatic carbocycles. The average Bonchev–Trinajstić information content (AvgIpc) is 3.12. The van der Waals surface area contributed by atoms with Crippen LogP contribution in [0.5, 0.6) is 0 Å². The minimum Gasteiger partial charge on any atom is -0.211 e. The molecule has 146 valence electrons. The van der Waals surface area contributed by atoms with Gasteiger partial charge in [0.2, 0.25) is 12.2 Å². The lowest BCUT2D eigenvalue weighted by Crippen LogP contribution is -2.28. The fraction of sp³-hybridized carbons (Fsp3) is 0.0370. The average molecular weight is 400 g/mol. The van der Waals surface area contributed by atoms with Crippen LogP contribution in [0.1, 0.15) is 22.3 Å². The maximum atomic E-state index is 10.7. The summed E-state index contributed by atoms with van der Waals surface area (Å²) in [6.07, 6.45) is 3.19. The predicted molar refractivity (Wildman–Crippen MR) is 119 cm³/mol. The largest absolute Gasteiger partial charge is 0.240 e. The van der Waals surface area contributed by atoms with E-state index in [1.165, 1.54) is 22.3 Å². The highest BCUT2D eigenvalue weighted by atomic mass is 16.1. The second-order valence-electron chi connectivity index (χ2n) is 7.34. The lowest BCUT2D eigenvalue weighted by atomic mass is 9.67. The first-order chi connectivity index (χ1) is 15.3. The molecule has 0 aromatic heterocycles. The zero-order valence-electron chi connectivity index (χ0n) is 16.4. The van der Waals surface area contributed by atoms with Gasteiger partial charge in [-0.15, -0.1) is 0 Å². The van der Waals surface area contributed by atoms with E-state index >= 15 is 0 Å². The van der Waals surface area contributed by atoms with Gasteiger partial charge in [-0.2, -0.15) is 9.98 Å². The molecule has 0 bridgehead atoms. The van der Waals surface area contributed by atoms with Crippen molar-refractivity contribution in [1.82, 2.24) is 0 Å². The van der Waals surface area contributed by atoms with Crippen LogP contribution >= 0.6 is 0 Å². The van der Waals surface area contributed by atoms with Gasteiger partial charge in [0.1, 0.15) is 0 Å². The molecule has 0 spiro atoms. The number of hydrogen-bond acceptors (Lipinski definition) is 4. The van der Waals surface area contributed by atoms with Crippen LogP contribution in [0, 0.1) is 0 Å². The van der Waals surface area contributed by atoms with Gasteiger partial charge >= 0.3 is 0 Å². The molecule has 4 aromatic carbocycles. The van der Waals surface area contributed by atoms with Crippen molar-refractivity contribution in [3.63, 3.8) is 0 Å². The summed E-state index contributed by atoms with van der Waals surface area (Å²) < 4.78 is 0. The Bertz CT molecular complexity index is 1270. The number of fused-ring (bicyclic) bond motifs is 3. The summed E-state index contributed by atoms with van der Waals surface area (Å²) in [5.74, 6) is 0. The molecule has 5 rings (SSSR count). The number of rotatable bonds is 4. The van der Waals surface area contributed by atoms with Crippen LogP contribution in [0.2, 0.25) is 0 Å². The lowest BCUT2D eigenvalue weighted by Gasteiger charge is -2.33. The lowest BCUT2D eigenvalue weighted by molar-refractivity contribution is 0.564. The van der Waals surface area contributed by atoms with E-state index in [4.69, 9.17) is 0 Å². The smallest absolute Gasteiger partial charge is 0.211 e. The maximum absolute atomic E-state index is 10.7. The van der Waals surface area contributed by atoms with Gasteiger partial charge in [-0.1, -0.05) is 72.8 Å². The van der Waals surface area contributed by atoms with Crippen molar-refractivity contribution in [2.24, 2.45) is 9.98 Å². The summed E-state index contributed by atoms with van der Waals surface area (Å²) >= 11 is 0. The van der Waals surface area contributed by atoms with Gasteiger partial charge < -0.3 is 0 Å². The Balaban J connectivity index is 1.86. The topological polar surface area (TPSA) is 58.9 Å². The first-order valence-electron chi connectivity index (χ1n) is 9.85. The molecule has 4 nitrogen and oxygen atoms in total. The number of benzene rings is 4. The second kappa shape index (κ2) is 7.47. The fourth-order valence-corrected chi connectivity index (χ4v) is 4.70. The first kappa shape index (κ1) is 18.7. The van der Waals surface area contributed by atoms with Crippen molar-refractivity contribution in [2.75, 3.05) is 0 Å². The fourth-order valence-electron chi connectivity index (χ4n) is 4.70. The number of hydrogen-bond donors (Lipinski definition) is 0. The van der Waals surface area contributed by atoms with Gasteiger partial charge in [-0.25, -0.2) is 9.59 Å². The Morgan fingerprint density at radius 3 is 1.29 bits per heavy atom. The van der Waals surface area contributed by atoms with E-state index in [1.54, 1.807) is 12.2 Å². The second-order valence-corrected chi connectivity index (χ2v) is 7.34. The van der Waals surface area contributed by atoms with Crippen LogP contribution in [0.4, 0.5) is 11.4 Å². The van der Waals surface area contributed by atoms with Gasteiger partial charge in [-0.05, 0) is 57.6 Å². The Morgan fingerprint density at radius 1 is 0.516 bits per heavy atom. The van der Waals surface area contributed by atoms with Crippen molar-refractivity contribution in [1.29, 1.82) is 0 Å².